The van der Waals surface area contributed by atoms with Crippen molar-refractivity contribution < 1.29 is 9.59 Å². The van der Waals surface area contributed by atoms with Crippen molar-refractivity contribution >= 4 is 33.4 Å². The summed E-state index contributed by atoms with van der Waals surface area (Å²) in [7, 11) is 0. The molecule has 2 aromatic rings. The Kier molecular flexibility index (Phi) is 2.84. The molecule has 0 saturated carbocycles. The maximum atomic E-state index is 12.7. The van der Waals surface area contributed by atoms with Gasteiger partial charge in [-0.05, 0) is 18.6 Å². The van der Waals surface area contributed by atoms with Crippen LogP contribution in [0.5, 0.6) is 0 Å². The van der Waals surface area contributed by atoms with Crippen molar-refractivity contribution in [1.82, 2.24) is 15.2 Å². The van der Waals surface area contributed by atoms with Crippen LogP contribution in [0.1, 0.15) is 22.6 Å². The Morgan fingerprint density at radius 1 is 1.41 bits per heavy atom. The van der Waals surface area contributed by atoms with Crippen molar-refractivity contribution in [2.45, 2.75) is 12.8 Å². The third-order valence-corrected chi connectivity index (χ3v) is 5.47. The van der Waals surface area contributed by atoms with Gasteiger partial charge >= 0.3 is 0 Å². The van der Waals surface area contributed by atoms with Crippen LogP contribution in [0.15, 0.2) is 36.5 Å². The maximum absolute atomic E-state index is 12.7. The minimum atomic E-state index is -0.483. The van der Waals surface area contributed by atoms with Gasteiger partial charge in [0.15, 0.2) is 5.01 Å². The van der Waals surface area contributed by atoms with E-state index in [2.05, 4.69) is 16.9 Å². The molecule has 1 spiro atoms. The smallest absolute Gasteiger partial charge is 0.282 e. The lowest BCUT2D eigenvalue weighted by atomic mass is 9.85. The van der Waals surface area contributed by atoms with Crippen LogP contribution >= 0.6 is 11.3 Å². The molecule has 2 saturated heterocycles. The number of nitrogens with zero attached hydrogens (tertiary/aromatic N) is 2. The van der Waals surface area contributed by atoms with E-state index in [1.165, 1.54) is 11.3 Å². The van der Waals surface area contributed by atoms with Crippen molar-refractivity contribution in [3.63, 3.8) is 0 Å². The van der Waals surface area contributed by atoms with Crippen molar-refractivity contribution in [1.29, 1.82) is 0 Å². The first-order valence-corrected chi connectivity index (χ1v) is 8.03. The van der Waals surface area contributed by atoms with Gasteiger partial charge in [-0.15, -0.1) is 11.3 Å². The molecule has 112 valence electrons. The van der Waals surface area contributed by atoms with E-state index in [4.69, 9.17) is 0 Å². The molecule has 6 heteroatoms. The summed E-state index contributed by atoms with van der Waals surface area (Å²) in [6, 6.07) is 7.72. The minimum absolute atomic E-state index is 0.00269. The van der Waals surface area contributed by atoms with Gasteiger partial charge in [-0.25, -0.2) is 4.98 Å². The summed E-state index contributed by atoms with van der Waals surface area (Å²) in [5.41, 5.74) is 1.11. The van der Waals surface area contributed by atoms with Crippen molar-refractivity contribution in [3.05, 3.63) is 41.5 Å². The Labute approximate surface area is 131 Å². The Hall–Kier alpha value is -2.21. The Morgan fingerprint density at radius 2 is 2.23 bits per heavy atom. The number of hydrogen-bond donors (Lipinski definition) is 1. The summed E-state index contributed by atoms with van der Waals surface area (Å²) < 4.78 is 1.01. The first-order valence-electron chi connectivity index (χ1n) is 7.21. The molecule has 2 aliphatic rings. The molecule has 2 fully saturated rings. The number of benzene rings is 1. The maximum Gasteiger partial charge on any atom is 0.282 e. The number of fused-ring (bicyclic) bond motifs is 1. The van der Waals surface area contributed by atoms with Crippen molar-refractivity contribution in [2.24, 2.45) is 5.41 Å². The van der Waals surface area contributed by atoms with E-state index >= 15 is 0 Å². The molecule has 2 aliphatic heterocycles. The fourth-order valence-electron chi connectivity index (χ4n) is 3.30. The Morgan fingerprint density at radius 3 is 2.95 bits per heavy atom. The molecule has 0 aliphatic carbocycles. The number of likely N-dealkylation sites (tertiary alicyclic amines) is 1. The van der Waals surface area contributed by atoms with Gasteiger partial charge in [0.2, 0.25) is 5.91 Å². The second-order valence-corrected chi connectivity index (χ2v) is 7.01. The molecule has 0 radical (unpaired) electrons. The lowest BCUT2D eigenvalue weighted by Gasteiger charge is -2.20. The number of amides is 2. The number of hydrogen-bond acceptors (Lipinski definition) is 4. The largest absolute Gasteiger partial charge is 0.335 e. The van der Waals surface area contributed by atoms with Gasteiger partial charge in [0, 0.05) is 25.2 Å². The second kappa shape index (κ2) is 4.64. The highest BCUT2D eigenvalue weighted by molar-refractivity contribution is 7.20. The third-order valence-electron chi connectivity index (χ3n) is 4.44. The van der Waals surface area contributed by atoms with Crippen LogP contribution in [0.2, 0.25) is 0 Å². The summed E-state index contributed by atoms with van der Waals surface area (Å²) >= 11 is 1.40. The standard InChI is InChI=1S/C16H15N3O2S/c1-10-8-16(15(21)17-10)6-7-19(9-16)14(20)13-18-11-4-2-3-5-12(11)22-13/h2-5H,1,6-9H2,(H,17,21). The van der Waals surface area contributed by atoms with Gasteiger partial charge < -0.3 is 10.2 Å². The van der Waals surface area contributed by atoms with Crippen LogP contribution in [-0.4, -0.2) is 34.8 Å². The van der Waals surface area contributed by atoms with E-state index in [-0.39, 0.29) is 11.8 Å². The molecule has 4 rings (SSSR count). The van der Waals surface area contributed by atoms with Crippen LogP contribution in [0.4, 0.5) is 0 Å². The summed E-state index contributed by atoms with van der Waals surface area (Å²) in [6.45, 7) is 4.88. The molecule has 1 aromatic carbocycles. The van der Waals surface area contributed by atoms with Gasteiger partial charge in [-0.2, -0.15) is 0 Å². The molecule has 1 N–H and O–H groups in total. The third kappa shape index (κ3) is 1.94. The molecular weight excluding hydrogens is 298 g/mol. The zero-order valence-corrected chi connectivity index (χ0v) is 12.8. The fourth-order valence-corrected chi connectivity index (χ4v) is 4.23. The monoisotopic (exact) mass is 313 g/mol. The number of carbonyl (C=O) groups excluding carboxylic acids is 2. The summed E-state index contributed by atoms with van der Waals surface area (Å²) in [5.74, 6) is -0.0829. The van der Waals surface area contributed by atoms with E-state index < -0.39 is 5.41 Å². The number of thiazole rings is 1. The fraction of sp³-hybridized carbons (Fsp3) is 0.312. The van der Waals surface area contributed by atoms with Crippen molar-refractivity contribution in [3.8, 4) is 0 Å². The van der Waals surface area contributed by atoms with Gasteiger partial charge in [-0.3, -0.25) is 9.59 Å². The highest BCUT2D eigenvalue weighted by Crippen LogP contribution is 2.41. The molecule has 0 bridgehead atoms. The summed E-state index contributed by atoms with van der Waals surface area (Å²) in [6.07, 6.45) is 1.31. The SMILES string of the molecule is C=C1CC2(CCN(C(=O)c3nc4ccccc4s3)C2)C(=O)N1. The highest BCUT2D eigenvalue weighted by atomic mass is 32.1. The number of allylic oxidation sites excluding steroid dienone is 1. The minimum Gasteiger partial charge on any atom is -0.335 e. The first kappa shape index (κ1) is 13.5. The molecule has 22 heavy (non-hydrogen) atoms. The predicted molar refractivity (Wildman–Crippen MR) is 84.5 cm³/mol. The molecule has 1 aromatic heterocycles. The highest BCUT2D eigenvalue weighted by Gasteiger charge is 2.50. The number of carbonyl (C=O) groups is 2. The quantitative estimate of drug-likeness (QED) is 0.877. The van der Waals surface area contributed by atoms with Gasteiger partial charge in [0.1, 0.15) is 0 Å². The summed E-state index contributed by atoms with van der Waals surface area (Å²) in [5, 5.41) is 3.28. The Balaban J connectivity index is 1.59. The van der Waals surface area contributed by atoms with Gasteiger partial charge in [-0.1, -0.05) is 18.7 Å². The number of aromatic nitrogens is 1. The molecule has 5 nitrogen and oxygen atoms in total. The van der Waals surface area contributed by atoms with E-state index in [0.717, 1.165) is 15.9 Å². The normalized spacial score (nSPS) is 24.5. The van der Waals surface area contributed by atoms with E-state index in [9.17, 15) is 9.59 Å². The molecular formula is C16H15N3O2S. The topological polar surface area (TPSA) is 62.3 Å². The molecule has 3 heterocycles. The zero-order valence-electron chi connectivity index (χ0n) is 12.0. The van der Waals surface area contributed by atoms with Crippen LogP contribution < -0.4 is 5.32 Å². The number of rotatable bonds is 1. The van der Waals surface area contributed by atoms with Crippen molar-refractivity contribution in [2.75, 3.05) is 13.1 Å². The van der Waals surface area contributed by atoms with Crippen LogP contribution in [-0.2, 0) is 4.79 Å². The van der Waals surface area contributed by atoms with Gasteiger partial charge in [0.25, 0.3) is 5.91 Å². The first-order chi connectivity index (χ1) is 10.6. The van der Waals surface area contributed by atoms with E-state index in [1.54, 1.807) is 4.90 Å². The molecule has 2 amide bonds. The molecule has 1 unspecified atom stereocenters. The van der Waals surface area contributed by atoms with Crippen LogP contribution in [0, 0.1) is 5.41 Å². The van der Waals surface area contributed by atoms with E-state index in [0.29, 0.717) is 30.9 Å². The zero-order chi connectivity index (χ0) is 15.3. The Bertz CT molecular complexity index is 780. The number of para-hydroxylation sites is 1. The lowest BCUT2D eigenvalue weighted by molar-refractivity contribution is -0.126. The molecule has 1 atom stereocenters. The second-order valence-electron chi connectivity index (χ2n) is 5.98. The van der Waals surface area contributed by atoms with E-state index in [1.807, 2.05) is 24.3 Å². The lowest BCUT2D eigenvalue weighted by Crippen LogP contribution is -2.36. The average Bonchev–Trinajstić information content (AvgIpc) is 3.16. The average molecular weight is 313 g/mol. The predicted octanol–water partition coefficient (Wildman–Crippen LogP) is 2.16. The summed E-state index contributed by atoms with van der Waals surface area (Å²) in [4.78, 5) is 31.0. The van der Waals surface area contributed by atoms with Crippen LogP contribution in [0.3, 0.4) is 0 Å². The number of nitrogens with one attached hydrogen (secondary N) is 1. The van der Waals surface area contributed by atoms with Gasteiger partial charge in [0.05, 0.1) is 15.6 Å². The van der Waals surface area contributed by atoms with Crippen LogP contribution in [0.25, 0.3) is 10.2 Å².